The summed E-state index contributed by atoms with van der Waals surface area (Å²) in [6.45, 7) is 2.41. The molecule has 0 aromatic heterocycles. The minimum Gasteiger partial charge on any atom is -0.384 e. The summed E-state index contributed by atoms with van der Waals surface area (Å²) < 4.78 is 5.37. The zero-order chi connectivity index (χ0) is 13.7. The summed E-state index contributed by atoms with van der Waals surface area (Å²) in [6.07, 6.45) is 7.99. The Labute approximate surface area is 116 Å². The summed E-state index contributed by atoms with van der Waals surface area (Å²) in [5.41, 5.74) is -0.286. The summed E-state index contributed by atoms with van der Waals surface area (Å²) in [5, 5.41) is 3.34. The van der Waals surface area contributed by atoms with Gasteiger partial charge in [0.05, 0.1) is 12.0 Å². The number of piperidine rings is 1. The smallest absolute Gasteiger partial charge is 0.231 e. The van der Waals surface area contributed by atoms with Crippen LogP contribution in [0.5, 0.6) is 0 Å². The van der Waals surface area contributed by atoms with E-state index in [1.54, 1.807) is 7.11 Å². The molecule has 19 heavy (non-hydrogen) atoms. The van der Waals surface area contributed by atoms with E-state index in [-0.39, 0.29) is 5.41 Å². The third-order valence-electron chi connectivity index (χ3n) is 4.88. The Morgan fingerprint density at radius 2 is 1.89 bits per heavy atom. The largest absolute Gasteiger partial charge is 0.384 e. The molecular weight excluding hydrogens is 240 g/mol. The van der Waals surface area contributed by atoms with Crippen molar-refractivity contribution in [2.75, 3.05) is 33.9 Å². The third-order valence-corrected chi connectivity index (χ3v) is 4.88. The van der Waals surface area contributed by atoms with Crippen molar-refractivity contribution in [1.29, 1.82) is 0 Å². The van der Waals surface area contributed by atoms with Gasteiger partial charge in [-0.2, -0.15) is 0 Å². The normalized spacial score (nSPS) is 24.1. The molecular formula is C15H28N2O2. The SMILES string of the molecule is COCC1(C(=O)N(C)C2CCCCC2)CCNCC1. The molecule has 1 amide bonds. The maximum absolute atomic E-state index is 12.9. The fourth-order valence-electron chi connectivity index (χ4n) is 3.61. The number of nitrogens with one attached hydrogen (secondary N) is 1. The van der Waals surface area contributed by atoms with Crippen LogP contribution in [0, 0.1) is 5.41 Å². The lowest BCUT2D eigenvalue weighted by molar-refractivity contribution is -0.149. The number of carbonyl (C=O) groups excluding carboxylic acids is 1. The van der Waals surface area contributed by atoms with E-state index in [0.29, 0.717) is 18.6 Å². The zero-order valence-corrected chi connectivity index (χ0v) is 12.4. The van der Waals surface area contributed by atoms with Crippen LogP contribution in [0.25, 0.3) is 0 Å². The van der Waals surface area contributed by atoms with Crippen molar-refractivity contribution in [3.63, 3.8) is 0 Å². The minimum absolute atomic E-state index is 0.286. The number of hydrogen-bond donors (Lipinski definition) is 1. The van der Waals surface area contributed by atoms with Crippen molar-refractivity contribution in [3.8, 4) is 0 Å². The number of hydrogen-bond acceptors (Lipinski definition) is 3. The first-order valence-corrected chi connectivity index (χ1v) is 7.66. The van der Waals surface area contributed by atoms with Gasteiger partial charge in [0.1, 0.15) is 0 Å². The molecule has 4 nitrogen and oxygen atoms in total. The van der Waals surface area contributed by atoms with Crippen LogP contribution in [-0.4, -0.2) is 50.7 Å². The van der Waals surface area contributed by atoms with Crippen molar-refractivity contribution in [2.45, 2.75) is 51.0 Å². The van der Waals surface area contributed by atoms with Crippen LogP contribution in [0.4, 0.5) is 0 Å². The van der Waals surface area contributed by atoms with Crippen LogP contribution in [0.1, 0.15) is 44.9 Å². The number of methoxy groups -OCH3 is 1. The van der Waals surface area contributed by atoms with Gasteiger partial charge in [0, 0.05) is 20.2 Å². The lowest BCUT2D eigenvalue weighted by Gasteiger charge is -2.41. The molecule has 0 bridgehead atoms. The predicted molar refractivity (Wildman–Crippen MR) is 76.1 cm³/mol. The average Bonchev–Trinajstić information content (AvgIpc) is 2.48. The molecule has 1 saturated heterocycles. The maximum atomic E-state index is 12.9. The second-order valence-corrected chi connectivity index (χ2v) is 6.17. The fourth-order valence-corrected chi connectivity index (χ4v) is 3.61. The first-order chi connectivity index (χ1) is 9.19. The summed E-state index contributed by atoms with van der Waals surface area (Å²) in [6, 6.07) is 0.449. The van der Waals surface area contributed by atoms with Gasteiger partial charge in [0.15, 0.2) is 0 Å². The van der Waals surface area contributed by atoms with E-state index in [1.165, 1.54) is 32.1 Å². The van der Waals surface area contributed by atoms with Gasteiger partial charge in [-0.05, 0) is 38.8 Å². The highest BCUT2D eigenvalue weighted by Crippen LogP contribution is 2.33. The van der Waals surface area contributed by atoms with Gasteiger partial charge in [0.2, 0.25) is 5.91 Å². The molecule has 0 aromatic carbocycles. The average molecular weight is 268 g/mol. The number of ether oxygens (including phenoxy) is 1. The van der Waals surface area contributed by atoms with E-state index in [0.717, 1.165) is 25.9 Å². The Morgan fingerprint density at radius 3 is 2.47 bits per heavy atom. The first kappa shape index (κ1) is 14.8. The summed E-state index contributed by atoms with van der Waals surface area (Å²) in [5.74, 6) is 0.308. The van der Waals surface area contributed by atoms with Crippen LogP contribution < -0.4 is 5.32 Å². The van der Waals surface area contributed by atoms with Crippen LogP contribution in [0.3, 0.4) is 0 Å². The molecule has 1 saturated carbocycles. The minimum atomic E-state index is -0.286. The van der Waals surface area contributed by atoms with E-state index >= 15 is 0 Å². The van der Waals surface area contributed by atoms with E-state index in [9.17, 15) is 4.79 Å². The zero-order valence-electron chi connectivity index (χ0n) is 12.4. The maximum Gasteiger partial charge on any atom is 0.231 e. The molecule has 0 aromatic rings. The summed E-state index contributed by atoms with van der Waals surface area (Å²) in [7, 11) is 3.70. The van der Waals surface area contributed by atoms with Crippen LogP contribution in [-0.2, 0) is 9.53 Å². The van der Waals surface area contributed by atoms with Crippen molar-refractivity contribution in [2.24, 2.45) is 5.41 Å². The monoisotopic (exact) mass is 268 g/mol. The van der Waals surface area contributed by atoms with Gasteiger partial charge in [-0.3, -0.25) is 4.79 Å². The molecule has 0 spiro atoms. The number of carbonyl (C=O) groups is 1. The first-order valence-electron chi connectivity index (χ1n) is 7.66. The Morgan fingerprint density at radius 1 is 1.26 bits per heavy atom. The number of nitrogens with zero attached hydrogens (tertiary/aromatic N) is 1. The quantitative estimate of drug-likeness (QED) is 0.845. The van der Waals surface area contributed by atoms with Crippen molar-refractivity contribution < 1.29 is 9.53 Å². The van der Waals surface area contributed by atoms with Gasteiger partial charge in [0.25, 0.3) is 0 Å². The van der Waals surface area contributed by atoms with Crippen molar-refractivity contribution in [3.05, 3.63) is 0 Å². The summed E-state index contributed by atoms with van der Waals surface area (Å²) in [4.78, 5) is 15.0. The lowest BCUT2D eigenvalue weighted by Crippen LogP contribution is -2.53. The van der Waals surface area contributed by atoms with Gasteiger partial charge in [-0.25, -0.2) is 0 Å². The third kappa shape index (κ3) is 3.29. The second-order valence-electron chi connectivity index (χ2n) is 6.17. The molecule has 4 heteroatoms. The lowest BCUT2D eigenvalue weighted by atomic mass is 9.77. The molecule has 2 rings (SSSR count). The molecule has 2 aliphatic rings. The van der Waals surface area contributed by atoms with Crippen LogP contribution in [0.2, 0.25) is 0 Å². The molecule has 1 aliphatic heterocycles. The molecule has 1 aliphatic carbocycles. The molecule has 1 N–H and O–H groups in total. The molecule has 2 fully saturated rings. The standard InChI is InChI=1S/C15H28N2O2/c1-17(13-6-4-3-5-7-13)14(18)15(12-19-2)8-10-16-11-9-15/h13,16H,3-12H2,1-2H3. The van der Waals surface area contributed by atoms with Gasteiger partial charge < -0.3 is 15.0 Å². The molecule has 0 radical (unpaired) electrons. The van der Waals surface area contributed by atoms with Gasteiger partial charge in [-0.15, -0.1) is 0 Å². The van der Waals surface area contributed by atoms with Crippen LogP contribution in [0.15, 0.2) is 0 Å². The highest BCUT2D eigenvalue weighted by molar-refractivity contribution is 5.83. The van der Waals surface area contributed by atoms with E-state index < -0.39 is 0 Å². The molecule has 1 heterocycles. The Balaban J connectivity index is 2.05. The van der Waals surface area contributed by atoms with Gasteiger partial charge in [-0.1, -0.05) is 19.3 Å². The van der Waals surface area contributed by atoms with Crippen molar-refractivity contribution >= 4 is 5.91 Å². The van der Waals surface area contributed by atoms with Gasteiger partial charge >= 0.3 is 0 Å². The Hall–Kier alpha value is -0.610. The number of rotatable bonds is 4. The Kier molecular flexibility index (Phi) is 5.22. The number of amides is 1. The Bertz CT molecular complexity index is 289. The molecule has 0 unspecified atom stereocenters. The predicted octanol–water partition coefficient (Wildman–Crippen LogP) is 1.79. The van der Waals surface area contributed by atoms with E-state index in [2.05, 4.69) is 5.32 Å². The second kappa shape index (κ2) is 6.71. The topological polar surface area (TPSA) is 41.6 Å². The highest BCUT2D eigenvalue weighted by Gasteiger charge is 2.42. The highest BCUT2D eigenvalue weighted by atomic mass is 16.5. The van der Waals surface area contributed by atoms with E-state index in [1.807, 2.05) is 11.9 Å². The molecule has 0 atom stereocenters. The molecule has 110 valence electrons. The summed E-state index contributed by atoms with van der Waals surface area (Å²) >= 11 is 0. The fraction of sp³-hybridized carbons (Fsp3) is 0.933. The van der Waals surface area contributed by atoms with Crippen LogP contribution >= 0.6 is 0 Å². The van der Waals surface area contributed by atoms with Crippen molar-refractivity contribution in [1.82, 2.24) is 10.2 Å². The van der Waals surface area contributed by atoms with E-state index in [4.69, 9.17) is 4.74 Å².